The number of aryl methyl sites for hydroxylation is 1. The van der Waals surface area contributed by atoms with Crippen molar-refractivity contribution in [3.8, 4) is 5.75 Å². The van der Waals surface area contributed by atoms with Crippen molar-refractivity contribution in [3.63, 3.8) is 0 Å². The van der Waals surface area contributed by atoms with Crippen LogP contribution in [-0.2, 0) is 6.61 Å². The molecular formula is C14H11BrFNO2. The second-order valence-corrected chi connectivity index (χ2v) is 4.97. The molecule has 0 N–H and O–H groups in total. The first-order valence-corrected chi connectivity index (χ1v) is 6.37. The first kappa shape index (κ1) is 13.7. The van der Waals surface area contributed by atoms with Crippen molar-refractivity contribution in [3.05, 3.63) is 57.6 Å². The predicted octanol–water partition coefficient (Wildman–Crippen LogP) is 3.68. The maximum atomic E-state index is 13.0. The molecule has 0 atom stereocenters. The minimum atomic E-state index is -0.413. The fourth-order valence-electron chi connectivity index (χ4n) is 1.73. The van der Waals surface area contributed by atoms with Gasteiger partial charge in [-0.2, -0.15) is 0 Å². The van der Waals surface area contributed by atoms with Crippen molar-refractivity contribution >= 4 is 22.2 Å². The van der Waals surface area contributed by atoms with Crippen molar-refractivity contribution in [2.24, 2.45) is 0 Å². The van der Waals surface area contributed by atoms with E-state index in [4.69, 9.17) is 4.74 Å². The summed E-state index contributed by atoms with van der Waals surface area (Å²) in [5.41, 5.74) is 1.90. The summed E-state index contributed by atoms with van der Waals surface area (Å²) >= 11 is 3.32. The summed E-state index contributed by atoms with van der Waals surface area (Å²) in [6.07, 6.45) is 3.39. The van der Waals surface area contributed by atoms with E-state index in [0.717, 1.165) is 22.5 Å². The van der Waals surface area contributed by atoms with E-state index < -0.39 is 5.82 Å². The molecule has 3 nitrogen and oxygen atoms in total. The van der Waals surface area contributed by atoms with Crippen molar-refractivity contribution in [2.75, 3.05) is 0 Å². The molecule has 0 aliphatic rings. The van der Waals surface area contributed by atoms with Crippen LogP contribution in [0.15, 0.2) is 35.1 Å². The Morgan fingerprint density at radius 3 is 2.84 bits per heavy atom. The molecule has 0 saturated carbocycles. The summed E-state index contributed by atoms with van der Waals surface area (Å²) < 4.78 is 19.4. The molecule has 0 fully saturated rings. The Morgan fingerprint density at radius 2 is 2.16 bits per heavy atom. The van der Waals surface area contributed by atoms with Crippen LogP contribution in [0.3, 0.4) is 0 Å². The summed E-state index contributed by atoms with van der Waals surface area (Å²) in [5.74, 6) is 0.0895. The molecule has 5 heteroatoms. The van der Waals surface area contributed by atoms with Crippen molar-refractivity contribution < 1.29 is 13.9 Å². The Labute approximate surface area is 118 Å². The average molecular weight is 324 g/mol. The van der Waals surface area contributed by atoms with E-state index in [0.29, 0.717) is 16.9 Å². The lowest BCUT2D eigenvalue weighted by Crippen LogP contribution is -2.01. The quantitative estimate of drug-likeness (QED) is 0.806. The van der Waals surface area contributed by atoms with Gasteiger partial charge in [0.05, 0.1) is 11.8 Å². The van der Waals surface area contributed by atoms with Gasteiger partial charge in [-0.1, -0.05) is 15.9 Å². The molecule has 0 aliphatic heterocycles. The summed E-state index contributed by atoms with van der Waals surface area (Å²) in [6.45, 7) is 2.00. The number of hydrogen-bond acceptors (Lipinski definition) is 3. The standard InChI is InChI=1S/C14H11BrFNO2/c1-9-2-12(15)4-11(7-18)14(9)19-8-10-3-13(16)6-17-5-10/h2-7H,8H2,1H3. The lowest BCUT2D eigenvalue weighted by atomic mass is 10.1. The number of aromatic nitrogens is 1. The number of ether oxygens (including phenoxy) is 1. The third-order valence-corrected chi connectivity index (χ3v) is 3.00. The first-order chi connectivity index (χ1) is 9.10. The van der Waals surface area contributed by atoms with Crippen molar-refractivity contribution in [2.45, 2.75) is 13.5 Å². The molecule has 98 valence electrons. The highest BCUT2D eigenvalue weighted by Crippen LogP contribution is 2.27. The van der Waals surface area contributed by atoms with Crippen LogP contribution in [0, 0.1) is 12.7 Å². The number of nitrogens with zero attached hydrogens (tertiary/aromatic N) is 1. The molecule has 1 aromatic carbocycles. The molecule has 0 unspecified atom stereocenters. The second-order valence-electron chi connectivity index (χ2n) is 4.06. The van der Waals surface area contributed by atoms with Gasteiger partial charge < -0.3 is 4.74 Å². The zero-order valence-electron chi connectivity index (χ0n) is 10.2. The number of aldehydes is 1. The highest BCUT2D eigenvalue weighted by atomic mass is 79.9. The van der Waals surface area contributed by atoms with E-state index in [2.05, 4.69) is 20.9 Å². The summed E-state index contributed by atoms with van der Waals surface area (Å²) in [4.78, 5) is 14.8. The van der Waals surface area contributed by atoms with Crippen LogP contribution in [0.4, 0.5) is 4.39 Å². The Kier molecular flexibility index (Phi) is 4.27. The molecule has 2 rings (SSSR count). The molecule has 0 aliphatic carbocycles. The number of carbonyl (C=O) groups excluding carboxylic acids is 1. The van der Waals surface area contributed by atoms with Crippen LogP contribution in [0.5, 0.6) is 5.75 Å². The molecule has 0 amide bonds. The molecule has 2 aromatic rings. The fourth-order valence-corrected chi connectivity index (χ4v) is 2.32. The van der Waals surface area contributed by atoms with Gasteiger partial charge in [-0.25, -0.2) is 4.39 Å². The Balaban J connectivity index is 2.22. The molecular weight excluding hydrogens is 313 g/mol. The second kappa shape index (κ2) is 5.93. The molecule has 0 radical (unpaired) electrons. The summed E-state index contributed by atoms with van der Waals surface area (Å²) in [7, 11) is 0. The Hall–Kier alpha value is -1.75. The van der Waals surface area contributed by atoms with Crippen LogP contribution in [0.2, 0.25) is 0 Å². The lowest BCUT2D eigenvalue weighted by Gasteiger charge is -2.12. The maximum absolute atomic E-state index is 13.0. The van der Waals surface area contributed by atoms with Crippen LogP contribution in [0.25, 0.3) is 0 Å². The number of halogens is 2. The van der Waals surface area contributed by atoms with E-state index in [1.54, 1.807) is 6.07 Å². The van der Waals surface area contributed by atoms with Crippen LogP contribution in [-0.4, -0.2) is 11.3 Å². The Bertz CT molecular complexity index is 616. The van der Waals surface area contributed by atoms with Gasteiger partial charge in [0.25, 0.3) is 0 Å². The third kappa shape index (κ3) is 3.38. The van der Waals surface area contributed by atoms with E-state index in [1.807, 2.05) is 13.0 Å². The average Bonchev–Trinajstić information content (AvgIpc) is 2.37. The van der Waals surface area contributed by atoms with Crippen LogP contribution in [0.1, 0.15) is 21.5 Å². The van der Waals surface area contributed by atoms with Crippen LogP contribution < -0.4 is 4.74 Å². The van der Waals surface area contributed by atoms with Gasteiger partial charge in [-0.3, -0.25) is 9.78 Å². The van der Waals surface area contributed by atoms with Gasteiger partial charge in [0, 0.05) is 16.2 Å². The topological polar surface area (TPSA) is 39.2 Å². The molecule has 19 heavy (non-hydrogen) atoms. The minimum Gasteiger partial charge on any atom is -0.488 e. The van der Waals surface area contributed by atoms with Gasteiger partial charge in [-0.15, -0.1) is 0 Å². The molecule has 0 spiro atoms. The van der Waals surface area contributed by atoms with E-state index in [1.165, 1.54) is 12.3 Å². The predicted molar refractivity (Wildman–Crippen MR) is 72.8 cm³/mol. The zero-order chi connectivity index (χ0) is 13.8. The number of pyridine rings is 1. The monoisotopic (exact) mass is 323 g/mol. The van der Waals surface area contributed by atoms with E-state index in [9.17, 15) is 9.18 Å². The number of carbonyl (C=O) groups is 1. The van der Waals surface area contributed by atoms with Crippen molar-refractivity contribution in [1.29, 1.82) is 0 Å². The van der Waals surface area contributed by atoms with E-state index in [-0.39, 0.29) is 6.61 Å². The lowest BCUT2D eigenvalue weighted by molar-refractivity contribution is 0.111. The smallest absolute Gasteiger partial charge is 0.153 e. The van der Waals surface area contributed by atoms with E-state index >= 15 is 0 Å². The van der Waals surface area contributed by atoms with Gasteiger partial charge in [0.2, 0.25) is 0 Å². The highest BCUT2D eigenvalue weighted by molar-refractivity contribution is 9.10. The van der Waals surface area contributed by atoms with Gasteiger partial charge >= 0.3 is 0 Å². The Morgan fingerprint density at radius 1 is 1.37 bits per heavy atom. The molecule has 1 aromatic heterocycles. The number of hydrogen-bond donors (Lipinski definition) is 0. The molecule has 0 saturated heterocycles. The van der Waals surface area contributed by atoms with Gasteiger partial charge in [0.1, 0.15) is 18.2 Å². The number of rotatable bonds is 4. The first-order valence-electron chi connectivity index (χ1n) is 5.57. The van der Waals surface area contributed by atoms with Crippen molar-refractivity contribution in [1.82, 2.24) is 4.98 Å². The van der Waals surface area contributed by atoms with Gasteiger partial charge in [0.15, 0.2) is 6.29 Å². The maximum Gasteiger partial charge on any atom is 0.153 e. The molecule has 1 heterocycles. The summed E-state index contributed by atoms with van der Waals surface area (Å²) in [6, 6.07) is 4.88. The SMILES string of the molecule is Cc1cc(Br)cc(C=O)c1OCc1cncc(F)c1. The molecule has 0 bridgehead atoms. The minimum absolute atomic E-state index is 0.161. The third-order valence-electron chi connectivity index (χ3n) is 2.54. The summed E-state index contributed by atoms with van der Waals surface area (Å²) in [5, 5.41) is 0. The largest absolute Gasteiger partial charge is 0.488 e. The van der Waals surface area contributed by atoms with Gasteiger partial charge in [-0.05, 0) is 30.7 Å². The zero-order valence-corrected chi connectivity index (χ0v) is 11.8. The normalized spacial score (nSPS) is 10.3. The fraction of sp³-hybridized carbons (Fsp3) is 0.143. The highest BCUT2D eigenvalue weighted by Gasteiger charge is 2.09. The number of benzene rings is 1. The van der Waals surface area contributed by atoms with Crippen LogP contribution >= 0.6 is 15.9 Å².